The second-order valence-corrected chi connectivity index (χ2v) is 5.83. The molecule has 0 unspecified atom stereocenters. The molecular weight excluding hydrogens is 319 g/mol. The lowest BCUT2D eigenvalue weighted by Crippen LogP contribution is -2.16. The number of hydrogen-bond donors (Lipinski definition) is 1. The average Bonchev–Trinajstić information content (AvgIpc) is 2.40. The summed E-state index contributed by atoms with van der Waals surface area (Å²) in [5.41, 5.74) is 9.15. The molecule has 0 aromatic heterocycles. The van der Waals surface area contributed by atoms with Gasteiger partial charge in [-0.15, -0.1) is 0 Å². The van der Waals surface area contributed by atoms with Gasteiger partial charge in [0.2, 0.25) is 0 Å². The van der Waals surface area contributed by atoms with E-state index in [0.717, 1.165) is 27.8 Å². The molecule has 1 atom stereocenters. The third kappa shape index (κ3) is 3.58. The van der Waals surface area contributed by atoms with Gasteiger partial charge in [-0.05, 0) is 42.3 Å². The molecule has 0 spiro atoms. The molecule has 0 aliphatic carbocycles. The van der Waals surface area contributed by atoms with E-state index in [1.54, 1.807) is 12.1 Å². The van der Waals surface area contributed by atoms with Crippen LogP contribution in [0.25, 0.3) is 0 Å². The zero-order chi connectivity index (χ0) is 14.7. The fourth-order valence-electron chi connectivity index (χ4n) is 2.08. The zero-order valence-electron chi connectivity index (χ0n) is 11.6. The normalized spacial score (nSPS) is 12.2. The van der Waals surface area contributed by atoms with Gasteiger partial charge in [0.15, 0.2) is 0 Å². The van der Waals surface area contributed by atoms with E-state index >= 15 is 0 Å². The Balaban J connectivity index is 2.15. The molecule has 0 fully saturated rings. The first-order valence-corrected chi connectivity index (χ1v) is 7.27. The van der Waals surface area contributed by atoms with Crippen molar-refractivity contribution in [2.24, 2.45) is 5.73 Å². The summed E-state index contributed by atoms with van der Waals surface area (Å²) in [6, 6.07) is 12.7. The average molecular weight is 337 g/mol. The van der Waals surface area contributed by atoms with Crippen LogP contribution in [-0.2, 0) is 6.54 Å². The third-order valence-electron chi connectivity index (χ3n) is 3.25. The van der Waals surface area contributed by atoms with Crippen molar-refractivity contribution < 1.29 is 4.39 Å². The van der Waals surface area contributed by atoms with Crippen LogP contribution in [0.2, 0.25) is 0 Å². The van der Waals surface area contributed by atoms with Crippen LogP contribution in [0.3, 0.4) is 0 Å². The van der Waals surface area contributed by atoms with Crippen LogP contribution in [0.5, 0.6) is 0 Å². The van der Waals surface area contributed by atoms with Crippen LogP contribution in [0.1, 0.15) is 24.1 Å². The van der Waals surface area contributed by atoms with Gasteiger partial charge in [0.1, 0.15) is 5.82 Å². The van der Waals surface area contributed by atoms with Crippen molar-refractivity contribution in [3.05, 3.63) is 63.9 Å². The van der Waals surface area contributed by atoms with Gasteiger partial charge in [0.25, 0.3) is 0 Å². The molecular formula is C16H18BrFN2. The summed E-state index contributed by atoms with van der Waals surface area (Å²) in [5.74, 6) is -0.208. The van der Waals surface area contributed by atoms with Crippen molar-refractivity contribution in [1.29, 1.82) is 0 Å². The molecule has 4 heteroatoms. The number of benzene rings is 2. The number of nitrogens with two attached hydrogens (primary N) is 1. The first-order valence-electron chi connectivity index (χ1n) is 6.48. The van der Waals surface area contributed by atoms with Gasteiger partial charge in [-0.25, -0.2) is 4.39 Å². The highest BCUT2D eigenvalue weighted by atomic mass is 79.9. The standard InChI is InChI=1S/C16H18BrFN2/c1-11(19)15-8-7-14(9-16(15)17)20(2)10-12-3-5-13(18)6-4-12/h3-9,11H,10,19H2,1-2H3/t11-/m0/s1. The van der Waals surface area contributed by atoms with E-state index in [2.05, 4.69) is 26.9 Å². The first-order chi connectivity index (χ1) is 9.47. The van der Waals surface area contributed by atoms with E-state index in [1.807, 2.05) is 26.1 Å². The minimum Gasteiger partial charge on any atom is -0.370 e. The molecule has 2 aromatic rings. The van der Waals surface area contributed by atoms with Crippen LogP contribution >= 0.6 is 15.9 Å². The van der Waals surface area contributed by atoms with Crippen LogP contribution < -0.4 is 10.6 Å². The Kier molecular flexibility index (Phi) is 4.78. The van der Waals surface area contributed by atoms with E-state index in [9.17, 15) is 4.39 Å². The monoisotopic (exact) mass is 336 g/mol. The van der Waals surface area contributed by atoms with Crippen LogP contribution in [0.4, 0.5) is 10.1 Å². The summed E-state index contributed by atoms with van der Waals surface area (Å²) in [5, 5.41) is 0. The summed E-state index contributed by atoms with van der Waals surface area (Å²) in [4.78, 5) is 2.11. The topological polar surface area (TPSA) is 29.3 Å². The Morgan fingerprint density at radius 3 is 2.40 bits per heavy atom. The van der Waals surface area contributed by atoms with Crippen LogP contribution in [-0.4, -0.2) is 7.05 Å². The molecule has 0 aliphatic rings. The Morgan fingerprint density at radius 2 is 1.85 bits per heavy atom. The summed E-state index contributed by atoms with van der Waals surface area (Å²) in [6.45, 7) is 2.69. The number of halogens is 2. The predicted molar refractivity (Wildman–Crippen MR) is 85.3 cm³/mol. The molecule has 0 aliphatic heterocycles. The van der Waals surface area contributed by atoms with E-state index < -0.39 is 0 Å². The van der Waals surface area contributed by atoms with Crippen molar-refractivity contribution in [3.63, 3.8) is 0 Å². The maximum absolute atomic E-state index is 12.9. The fraction of sp³-hybridized carbons (Fsp3) is 0.250. The summed E-state index contributed by atoms with van der Waals surface area (Å²) in [6.07, 6.45) is 0. The number of anilines is 1. The van der Waals surface area contributed by atoms with E-state index in [4.69, 9.17) is 5.73 Å². The zero-order valence-corrected chi connectivity index (χ0v) is 13.2. The lowest BCUT2D eigenvalue weighted by molar-refractivity contribution is 0.627. The van der Waals surface area contributed by atoms with Crippen molar-refractivity contribution >= 4 is 21.6 Å². The highest BCUT2D eigenvalue weighted by Gasteiger charge is 2.08. The van der Waals surface area contributed by atoms with Gasteiger partial charge in [-0.3, -0.25) is 0 Å². The van der Waals surface area contributed by atoms with Gasteiger partial charge in [-0.2, -0.15) is 0 Å². The van der Waals surface area contributed by atoms with E-state index in [1.165, 1.54) is 12.1 Å². The second kappa shape index (κ2) is 6.37. The number of hydrogen-bond acceptors (Lipinski definition) is 2. The molecule has 106 valence electrons. The summed E-state index contributed by atoms with van der Waals surface area (Å²) >= 11 is 3.55. The minimum absolute atomic E-state index is 0.000768. The Bertz CT molecular complexity index is 582. The maximum Gasteiger partial charge on any atom is 0.123 e. The Labute approximate surface area is 127 Å². The molecule has 0 bridgehead atoms. The maximum atomic E-state index is 12.9. The summed E-state index contributed by atoms with van der Waals surface area (Å²) in [7, 11) is 2.01. The van der Waals surface area contributed by atoms with Gasteiger partial charge in [0, 0.05) is 29.8 Å². The Hall–Kier alpha value is -1.39. The molecule has 2 nitrogen and oxygen atoms in total. The SMILES string of the molecule is C[C@H](N)c1ccc(N(C)Cc2ccc(F)cc2)cc1Br. The molecule has 0 saturated heterocycles. The van der Waals surface area contributed by atoms with Crippen molar-refractivity contribution in [3.8, 4) is 0 Å². The van der Waals surface area contributed by atoms with Crippen molar-refractivity contribution in [2.45, 2.75) is 19.5 Å². The molecule has 0 amide bonds. The van der Waals surface area contributed by atoms with Crippen molar-refractivity contribution in [2.75, 3.05) is 11.9 Å². The molecule has 2 aromatic carbocycles. The highest BCUT2D eigenvalue weighted by Crippen LogP contribution is 2.27. The highest BCUT2D eigenvalue weighted by molar-refractivity contribution is 9.10. The van der Waals surface area contributed by atoms with E-state index in [-0.39, 0.29) is 11.9 Å². The van der Waals surface area contributed by atoms with Gasteiger partial charge in [-0.1, -0.05) is 34.1 Å². The van der Waals surface area contributed by atoms with Crippen molar-refractivity contribution in [1.82, 2.24) is 0 Å². The Morgan fingerprint density at radius 1 is 1.20 bits per heavy atom. The molecule has 0 heterocycles. The second-order valence-electron chi connectivity index (χ2n) is 4.98. The fourth-order valence-corrected chi connectivity index (χ4v) is 2.81. The van der Waals surface area contributed by atoms with Gasteiger partial charge >= 0.3 is 0 Å². The van der Waals surface area contributed by atoms with Crippen LogP contribution in [0.15, 0.2) is 46.9 Å². The summed E-state index contributed by atoms with van der Waals surface area (Å²) < 4.78 is 13.9. The molecule has 2 rings (SSSR count). The number of rotatable bonds is 4. The molecule has 0 saturated carbocycles. The quantitative estimate of drug-likeness (QED) is 0.904. The smallest absolute Gasteiger partial charge is 0.123 e. The van der Waals surface area contributed by atoms with Gasteiger partial charge < -0.3 is 10.6 Å². The molecule has 0 radical (unpaired) electrons. The number of nitrogens with zero attached hydrogens (tertiary/aromatic N) is 1. The predicted octanol–water partition coefficient (Wildman–Crippen LogP) is 4.24. The molecule has 2 N–H and O–H groups in total. The van der Waals surface area contributed by atoms with Gasteiger partial charge in [0.05, 0.1) is 0 Å². The minimum atomic E-state index is -0.208. The largest absolute Gasteiger partial charge is 0.370 e. The molecule has 20 heavy (non-hydrogen) atoms. The van der Waals surface area contributed by atoms with E-state index in [0.29, 0.717) is 0 Å². The van der Waals surface area contributed by atoms with Crippen LogP contribution in [0, 0.1) is 5.82 Å². The lowest BCUT2D eigenvalue weighted by Gasteiger charge is -2.21. The lowest BCUT2D eigenvalue weighted by atomic mass is 10.1. The first kappa shape index (κ1) is 15.0. The third-order valence-corrected chi connectivity index (χ3v) is 3.94.